The topological polar surface area (TPSA) is 87.7 Å². The molecule has 0 bridgehead atoms. The highest BCUT2D eigenvalue weighted by atomic mass is 32.2. The van der Waals surface area contributed by atoms with E-state index in [2.05, 4.69) is 20.1 Å². The van der Waals surface area contributed by atoms with Gasteiger partial charge in [-0.3, -0.25) is 0 Å². The molecule has 1 heterocycles. The number of hydrogen-bond acceptors (Lipinski definition) is 4. The maximum atomic E-state index is 12.9. The van der Waals surface area contributed by atoms with Gasteiger partial charge >= 0.3 is 0 Å². The Kier molecular flexibility index (Phi) is 4.18. The first-order valence-corrected chi connectivity index (χ1v) is 8.23. The van der Waals surface area contributed by atoms with E-state index >= 15 is 0 Å². The van der Waals surface area contributed by atoms with Gasteiger partial charge in [0.05, 0.1) is 23.3 Å². The summed E-state index contributed by atoms with van der Waals surface area (Å²) >= 11 is 0. The Labute approximate surface area is 132 Å². The van der Waals surface area contributed by atoms with Crippen molar-refractivity contribution in [1.82, 2.24) is 20.1 Å². The standard InChI is InChI=1S/C15H13FN4O2S/c16-13-5-1-11(2-6-13)12-3-7-15(8-4-12)23(21,22)18-10-14-9-17-20-19-14/h1-9,18H,10H2,(H,17,19,20). The molecule has 0 atom stereocenters. The van der Waals surface area contributed by atoms with Gasteiger partial charge in [-0.25, -0.2) is 17.5 Å². The molecule has 2 N–H and O–H groups in total. The molecule has 3 aromatic rings. The zero-order chi connectivity index (χ0) is 16.3. The minimum atomic E-state index is -3.63. The molecule has 0 fully saturated rings. The Balaban J connectivity index is 1.76. The van der Waals surface area contributed by atoms with Crippen LogP contribution in [0.15, 0.2) is 59.6 Å². The van der Waals surface area contributed by atoms with Crippen LogP contribution >= 0.6 is 0 Å². The van der Waals surface area contributed by atoms with Crippen molar-refractivity contribution in [2.75, 3.05) is 0 Å². The van der Waals surface area contributed by atoms with E-state index in [1.165, 1.54) is 30.5 Å². The van der Waals surface area contributed by atoms with E-state index in [1.807, 2.05) is 0 Å². The fourth-order valence-electron chi connectivity index (χ4n) is 2.03. The normalized spacial score (nSPS) is 11.5. The minimum Gasteiger partial charge on any atom is -0.207 e. The molecule has 0 radical (unpaired) electrons. The summed E-state index contributed by atoms with van der Waals surface area (Å²) in [6, 6.07) is 12.4. The second kappa shape index (κ2) is 6.27. The molecule has 0 aliphatic heterocycles. The average Bonchev–Trinajstić information content (AvgIpc) is 3.08. The lowest BCUT2D eigenvalue weighted by molar-refractivity contribution is 0.580. The first-order valence-electron chi connectivity index (χ1n) is 6.75. The van der Waals surface area contributed by atoms with E-state index in [9.17, 15) is 12.8 Å². The van der Waals surface area contributed by atoms with Crippen molar-refractivity contribution in [3.05, 3.63) is 66.2 Å². The zero-order valence-corrected chi connectivity index (χ0v) is 12.7. The quantitative estimate of drug-likeness (QED) is 0.749. The lowest BCUT2D eigenvalue weighted by atomic mass is 10.1. The number of nitrogens with zero attached hydrogens (tertiary/aromatic N) is 2. The molecule has 0 saturated carbocycles. The molecule has 0 aliphatic rings. The molecular formula is C15H13FN4O2S. The van der Waals surface area contributed by atoms with Gasteiger partial charge in [-0.1, -0.05) is 24.3 Å². The van der Waals surface area contributed by atoms with E-state index in [0.717, 1.165) is 11.1 Å². The fraction of sp³-hybridized carbons (Fsp3) is 0.0667. The average molecular weight is 332 g/mol. The summed E-state index contributed by atoms with van der Waals surface area (Å²) in [5.41, 5.74) is 2.11. The molecule has 2 aromatic carbocycles. The van der Waals surface area contributed by atoms with Gasteiger partial charge in [0.25, 0.3) is 0 Å². The summed E-state index contributed by atoms with van der Waals surface area (Å²) < 4.78 is 39.8. The maximum absolute atomic E-state index is 12.9. The number of halogens is 1. The Bertz CT molecular complexity index is 876. The largest absolute Gasteiger partial charge is 0.240 e. The predicted octanol–water partition coefficient (Wildman–Crippen LogP) is 2.09. The number of nitrogens with one attached hydrogen (secondary N) is 2. The van der Waals surface area contributed by atoms with Crippen LogP contribution in [0.5, 0.6) is 0 Å². The van der Waals surface area contributed by atoms with Gasteiger partial charge in [0.15, 0.2) is 0 Å². The molecule has 3 rings (SSSR count). The van der Waals surface area contributed by atoms with Crippen molar-refractivity contribution in [2.45, 2.75) is 11.4 Å². The molecule has 118 valence electrons. The molecule has 0 spiro atoms. The third-order valence-electron chi connectivity index (χ3n) is 3.25. The molecule has 8 heteroatoms. The second-order valence-corrected chi connectivity index (χ2v) is 6.58. The van der Waals surface area contributed by atoms with E-state index in [4.69, 9.17) is 0 Å². The Morgan fingerprint density at radius 2 is 1.61 bits per heavy atom. The van der Waals surface area contributed by atoms with Crippen molar-refractivity contribution in [1.29, 1.82) is 0 Å². The number of aromatic amines is 1. The van der Waals surface area contributed by atoms with Gasteiger partial charge < -0.3 is 0 Å². The van der Waals surface area contributed by atoms with Gasteiger partial charge in [0, 0.05) is 0 Å². The SMILES string of the molecule is O=S(=O)(NCc1cn[nH]n1)c1ccc(-c2ccc(F)cc2)cc1. The number of hydrogen-bond donors (Lipinski definition) is 2. The molecule has 6 nitrogen and oxygen atoms in total. The van der Waals surface area contributed by atoms with Crippen LogP contribution in [0.25, 0.3) is 11.1 Å². The molecule has 0 unspecified atom stereocenters. The molecule has 0 aliphatic carbocycles. The van der Waals surface area contributed by atoms with E-state index in [0.29, 0.717) is 5.69 Å². The maximum Gasteiger partial charge on any atom is 0.240 e. The van der Waals surface area contributed by atoms with Gasteiger partial charge in [0.2, 0.25) is 10.0 Å². The molecule has 23 heavy (non-hydrogen) atoms. The number of H-pyrrole nitrogens is 1. The van der Waals surface area contributed by atoms with E-state index < -0.39 is 10.0 Å². The summed E-state index contributed by atoms with van der Waals surface area (Å²) in [6.45, 7) is 0.0541. The Morgan fingerprint density at radius 1 is 1.00 bits per heavy atom. The van der Waals surface area contributed by atoms with Crippen molar-refractivity contribution < 1.29 is 12.8 Å². The number of sulfonamides is 1. The predicted molar refractivity (Wildman–Crippen MR) is 82.2 cm³/mol. The first kappa shape index (κ1) is 15.3. The summed E-state index contributed by atoms with van der Waals surface area (Å²) in [6.07, 6.45) is 1.44. The molecule has 0 saturated heterocycles. The first-order chi connectivity index (χ1) is 11.0. The lowest BCUT2D eigenvalue weighted by Gasteiger charge is -2.07. The summed E-state index contributed by atoms with van der Waals surface area (Å²) in [4.78, 5) is 0.145. The van der Waals surface area contributed by atoms with Crippen LogP contribution in [-0.4, -0.2) is 23.8 Å². The molecule has 0 amide bonds. The Morgan fingerprint density at radius 3 is 2.17 bits per heavy atom. The van der Waals surface area contributed by atoms with Crippen LogP contribution < -0.4 is 4.72 Å². The van der Waals surface area contributed by atoms with Crippen molar-refractivity contribution in [3.63, 3.8) is 0 Å². The van der Waals surface area contributed by atoms with Gasteiger partial charge in [-0.15, -0.1) is 0 Å². The van der Waals surface area contributed by atoms with Crippen LogP contribution in [0.3, 0.4) is 0 Å². The van der Waals surface area contributed by atoms with Crippen molar-refractivity contribution in [3.8, 4) is 11.1 Å². The van der Waals surface area contributed by atoms with Crippen LogP contribution in [0.1, 0.15) is 5.69 Å². The third-order valence-corrected chi connectivity index (χ3v) is 4.67. The Hall–Kier alpha value is -2.58. The van der Waals surface area contributed by atoms with Gasteiger partial charge in [0.1, 0.15) is 5.82 Å². The lowest BCUT2D eigenvalue weighted by Crippen LogP contribution is -2.23. The van der Waals surface area contributed by atoms with Crippen molar-refractivity contribution in [2.24, 2.45) is 0 Å². The summed E-state index contributed by atoms with van der Waals surface area (Å²) in [5, 5.41) is 9.80. The summed E-state index contributed by atoms with van der Waals surface area (Å²) in [7, 11) is -3.63. The van der Waals surface area contributed by atoms with Crippen molar-refractivity contribution >= 4 is 10.0 Å². The van der Waals surface area contributed by atoms with E-state index in [1.54, 1.807) is 24.3 Å². The van der Waals surface area contributed by atoms with Crippen LogP contribution in [0, 0.1) is 5.82 Å². The number of aromatic nitrogens is 3. The third kappa shape index (κ3) is 3.61. The summed E-state index contributed by atoms with van der Waals surface area (Å²) in [5.74, 6) is -0.315. The minimum absolute atomic E-state index is 0.0541. The number of rotatable bonds is 5. The van der Waals surface area contributed by atoms with Gasteiger partial charge in [-0.05, 0) is 35.4 Å². The monoisotopic (exact) mass is 332 g/mol. The highest BCUT2D eigenvalue weighted by Gasteiger charge is 2.14. The van der Waals surface area contributed by atoms with Crippen LogP contribution in [0.4, 0.5) is 4.39 Å². The molecule has 1 aromatic heterocycles. The van der Waals surface area contributed by atoms with E-state index in [-0.39, 0.29) is 17.3 Å². The molecular weight excluding hydrogens is 319 g/mol. The van der Waals surface area contributed by atoms with Gasteiger partial charge in [-0.2, -0.15) is 15.4 Å². The number of benzene rings is 2. The van der Waals surface area contributed by atoms with Crippen LogP contribution in [-0.2, 0) is 16.6 Å². The van der Waals surface area contributed by atoms with Crippen LogP contribution in [0.2, 0.25) is 0 Å². The smallest absolute Gasteiger partial charge is 0.207 e. The highest BCUT2D eigenvalue weighted by Crippen LogP contribution is 2.21. The second-order valence-electron chi connectivity index (χ2n) is 4.82. The fourth-order valence-corrected chi connectivity index (χ4v) is 3.03. The highest BCUT2D eigenvalue weighted by molar-refractivity contribution is 7.89. The zero-order valence-electron chi connectivity index (χ0n) is 11.9.